The fourth-order valence-corrected chi connectivity index (χ4v) is 3.76. The molecule has 0 radical (unpaired) electrons. The number of nitrogens with zero attached hydrogens (tertiary/aromatic N) is 2. The van der Waals surface area contributed by atoms with Gasteiger partial charge < -0.3 is 21.3 Å². The first-order chi connectivity index (χ1) is 14.8. The lowest BCUT2D eigenvalue weighted by Gasteiger charge is -2.30. The van der Waals surface area contributed by atoms with Gasteiger partial charge in [-0.1, -0.05) is 6.07 Å². The highest BCUT2D eigenvalue weighted by Crippen LogP contribution is 2.26. The normalized spacial score (nSPS) is 16.6. The molecule has 1 aliphatic heterocycles. The molecule has 0 saturated carbocycles. The van der Waals surface area contributed by atoms with Crippen molar-refractivity contribution in [3.8, 4) is 5.69 Å². The number of aromatic nitrogens is 1. The van der Waals surface area contributed by atoms with E-state index in [0.29, 0.717) is 25.1 Å². The standard InChI is InChI=1S/C21H24FN5O4/c1-13(28)24-12-15(18-5-4-10-27(18)21(23)31)20(30)25-17-8-7-14(11-16(17)22)26-9-3-2-6-19(26)29/h2-3,6-9,11,15,18H,4-5,10,12H2,1H3,(H2,23,31)(H,24,28)(H,25,30)/t15?,18-/m0/s1. The van der Waals surface area contributed by atoms with Crippen molar-refractivity contribution in [3.63, 3.8) is 0 Å². The maximum absolute atomic E-state index is 14.7. The summed E-state index contributed by atoms with van der Waals surface area (Å²) in [6.45, 7) is 1.72. The number of nitrogens with one attached hydrogen (secondary N) is 2. The van der Waals surface area contributed by atoms with Crippen LogP contribution in [-0.4, -0.2) is 46.4 Å². The topological polar surface area (TPSA) is 127 Å². The highest BCUT2D eigenvalue weighted by atomic mass is 19.1. The number of hydrogen-bond donors (Lipinski definition) is 3. The first kappa shape index (κ1) is 22.0. The zero-order chi connectivity index (χ0) is 22.5. The third-order valence-electron chi connectivity index (χ3n) is 5.27. The molecule has 0 aliphatic carbocycles. The van der Waals surface area contributed by atoms with E-state index in [9.17, 15) is 23.6 Å². The number of urea groups is 1. The zero-order valence-corrected chi connectivity index (χ0v) is 17.0. The molecule has 31 heavy (non-hydrogen) atoms. The van der Waals surface area contributed by atoms with Gasteiger partial charge in [0.1, 0.15) is 5.82 Å². The van der Waals surface area contributed by atoms with Crippen molar-refractivity contribution in [2.75, 3.05) is 18.4 Å². The second-order valence-corrected chi connectivity index (χ2v) is 7.35. The summed E-state index contributed by atoms with van der Waals surface area (Å²) in [5, 5.41) is 5.12. The minimum Gasteiger partial charge on any atom is -0.355 e. The van der Waals surface area contributed by atoms with E-state index in [1.807, 2.05) is 0 Å². The van der Waals surface area contributed by atoms with E-state index in [1.54, 1.807) is 12.1 Å². The predicted octanol–water partition coefficient (Wildman–Crippen LogP) is 1.21. The minimum atomic E-state index is -0.810. The predicted molar refractivity (Wildman–Crippen MR) is 112 cm³/mol. The molecule has 4 amide bonds. The van der Waals surface area contributed by atoms with Gasteiger partial charge in [0.25, 0.3) is 5.56 Å². The fourth-order valence-electron chi connectivity index (χ4n) is 3.76. The summed E-state index contributed by atoms with van der Waals surface area (Å²) in [7, 11) is 0. The number of amides is 4. The number of rotatable bonds is 6. The van der Waals surface area contributed by atoms with Crippen molar-refractivity contribution >= 4 is 23.5 Å². The van der Waals surface area contributed by atoms with Crippen LogP contribution in [0.25, 0.3) is 5.69 Å². The van der Waals surface area contributed by atoms with Crippen molar-refractivity contribution in [2.24, 2.45) is 11.7 Å². The van der Waals surface area contributed by atoms with Gasteiger partial charge >= 0.3 is 6.03 Å². The lowest BCUT2D eigenvalue weighted by molar-refractivity contribution is -0.122. The van der Waals surface area contributed by atoms with Crippen LogP contribution in [0.2, 0.25) is 0 Å². The minimum absolute atomic E-state index is 0.0191. The Morgan fingerprint density at radius 2 is 2.03 bits per heavy atom. The van der Waals surface area contributed by atoms with Crippen molar-refractivity contribution in [3.05, 3.63) is 58.8 Å². The van der Waals surface area contributed by atoms with Gasteiger partial charge in [0, 0.05) is 44.4 Å². The molecule has 0 bridgehead atoms. The van der Waals surface area contributed by atoms with Crippen LogP contribution in [0.4, 0.5) is 14.9 Å². The average molecular weight is 429 g/mol. The summed E-state index contributed by atoms with van der Waals surface area (Å²) in [5.74, 6) is -2.41. The Kier molecular flexibility index (Phi) is 6.68. The number of pyridine rings is 1. The van der Waals surface area contributed by atoms with E-state index >= 15 is 0 Å². The van der Waals surface area contributed by atoms with Crippen LogP contribution in [-0.2, 0) is 9.59 Å². The van der Waals surface area contributed by atoms with Crippen LogP contribution < -0.4 is 21.9 Å². The van der Waals surface area contributed by atoms with E-state index in [4.69, 9.17) is 5.73 Å². The number of carbonyl (C=O) groups excluding carboxylic acids is 3. The van der Waals surface area contributed by atoms with Crippen molar-refractivity contribution in [1.82, 2.24) is 14.8 Å². The van der Waals surface area contributed by atoms with E-state index < -0.39 is 29.7 Å². The van der Waals surface area contributed by atoms with Crippen LogP contribution in [0.5, 0.6) is 0 Å². The first-order valence-corrected chi connectivity index (χ1v) is 9.87. The highest BCUT2D eigenvalue weighted by molar-refractivity contribution is 5.94. The molecule has 1 unspecified atom stereocenters. The molecule has 9 nitrogen and oxygen atoms in total. The Balaban J connectivity index is 1.82. The summed E-state index contributed by atoms with van der Waals surface area (Å²) in [6.07, 6.45) is 2.72. The van der Waals surface area contributed by atoms with Crippen LogP contribution in [0.3, 0.4) is 0 Å². The lowest BCUT2D eigenvalue weighted by Crippen LogP contribution is -2.50. The van der Waals surface area contributed by atoms with Crippen molar-refractivity contribution < 1.29 is 18.8 Å². The van der Waals surface area contributed by atoms with E-state index in [1.165, 1.54) is 40.8 Å². The largest absolute Gasteiger partial charge is 0.355 e. The molecule has 10 heteroatoms. The number of carbonyl (C=O) groups is 3. The molecule has 2 atom stereocenters. The number of likely N-dealkylation sites (tertiary alicyclic amines) is 1. The molecular formula is C21H24FN5O4. The molecule has 4 N–H and O–H groups in total. The van der Waals surface area contributed by atoms with Gasteiger partial charge in [-0.15, -0.1) is 0 Å². The molecule has 2 aromatic rings. The third-order valence-corrected chi connectivity index (χ3v) is 5.27. The number of benzene rings is 1. The van der Waals surface area contributed by atoms with E-state index in [-0.39, 0.29) is 23.7 Å². The second-order valence-electron chi connectivity index (χ2n) is 7.35. The van der Waals surface area contributed by atoms with Crippen LogP contribution in [0.15, 0.2) is 47.4 Å². The van der Waals surface area contributed by atoms with Crippen LogP contribution in [0, 0.1) is 11.7 Å². The summed E-state index contributed by atoms with van der Waals surface area (Å²) >= 11 is 0. The van der Waals surface area contributed by atoms with Gasteiger partial charge in [-0.25, -0.2) is 9.18 Å². The Morgan fingerprint density at radius 3 is 2.68 bits per heavy atom. The summed E-state index contributed by atoms with van der Waals surface area (Å²) in [4.78, 5) is 49.4. The SMILES string of the molecule is CC(=O)NCC(C(=O)Nc1ccc(-n2ccccc2=O)cc1F)[C@@H]1CCCN1C(N)=O. The second kappa shape index (κ2) is 9.41. The molecular weight excluding hydrogens is 405 g/mol. The molecule has 1 aliphatic rings. The van der Waals surface area contributed by atoms with Crippen LogP contribution >= 0.6 is 0 Å². The lowest BCUT2D eigenvalue weighted by atomic mass is 9.96. The maximum atomic E-state index is 14.7. The Hall–Kier alpha value is -3.69. The fraction of sp³-hybridized carbons (Fsp3) is 0.333. The average Bonchev–Trinajstić information content (AvgIpc) is 3.20. The molecule has 0 spiro atoms. The zero-order valence-electron chi connectivity index (χ0n) is 17.0. The molecule has 2 heterocycles. The first-order valence-electron chi connectivity index (χ1n) is 9.87. The molecule has 3 rings (SSSR count). The number of hydrogen-bond acceptors (Lipinski definition) is 4. The Labute approximate surface area is 178 Å². The van der Waals surface area contributed by atoms with Gasteiger partial charge in [-0.05, 0) is 31.0 Å². The van der Waals surface area contributed by atoms with Gasteiger partial charge in [-0.2, -0.15) is 0 Å². The van der Waals surface area contributed by atoms with Gasteiger partial charge in [0.2, 0.25) is 11.8 Å². The van der Waals surface area contributed by atoms with Gasteiger partial charge in [-0.3, -0.25) is 19.0 Å². The quantitative estimate of drug-likeness (QED) is 0.638. The van der Waals surface area contributed by atoms with Gasteiger partial charge in [0.15, 0.2) is 0 Å². The van der Waals surface area contributed by atoms with Gasteiger partial charge in [0.05, 0.1) is 17.3 Å². The number of halogens is 1. The third kappa shape index (κ3) is 5.08. The molecule has 1 aromatic heterocycles. The van der Waals surface area contributed by atoms with E-state index in [0.717, 1.165) is 6.07 Å². The summed E-state index contributed by atoms with van der Waals surface area (Å²) < 4.78 is 16.0. The highest BCUT2D eigenvalue weighted by Gasteiger charge is 2.38. The Morgan fingerprint density at radius 1 is 1.26 bits per heavy atom. The molecule has 164 valence electrons. The maximum Gasteiger partial charge on any atom is 0.315 e. The smallest absolute Gasteiger partial charge is 0.315 e. The summed E-state index contributed by atoms with van der Waals surface area (Å²) in [6, 6.07) is 7.44. The molecule has 1 fully saturated rings. The monoisotopic (exact) mass is 429 g/mol. The molecule has 1 aromatic carbocycles. The number of primary amides is 1. The Bertz CT molecular complexity index is 1050. The summed E-state index contributed by atoms with van der Waals surface area (Å²) in [5.41, 5.74) is 5.34. The number of anilines is 1. The number of nitrogens with two attached hydrogens (primary N) is 1. The van der Waals surface area contributed by atoms with Crippen molar-refractivity contribution in [2.45, 2.75) is 25.8 Å². The molecule has 1 saturated heterocycles. The van der Waals surface area contributed by atoms with Crippen molar-refractivity contribution in [1.29, 1.82) is 0 Å². The van der Waals surface area contributed by atoms with Crippen LogP contribution in [0.1, 0.15) is 19.8 Å². The van der Waals surface area contributed by atoms with E-state index in [2.05, 4.69) is 10.6 Å².